The molecule has 5 nitrogen and oxygen atoms in total. The van der Waals surface area contributed by atoms with E-state index in [-0.39, 0.29) is 23.7 Å². The summed E-state index contributed by atoms with van der Waals surface area (Å²) in [6.07, 6.45) is 1.57. The normalized spacial score (nSPS) is 26.8. The summed E-state index contributed by atoms with van der Waals surface area (Å²) in [5, 5.41) is 3.86. The molecule has 2 amide bonds. The molecule has 2 atom stereocenters. The number of alkyl halides is 2. The zero-order chi connectivity index (χ0) is 19.7. The summed E-state index contributed by atoms with van der Waals surface area (Å²) in [6.45, 7) is 3.51. The second-order valence-corrected chi connectivity index (χ2v) is 8.31. The molecule has 0 saturated carbocycles. The first kappa shape index (κ1) is 19.9. The van der Waals surface area contributed by atoms with Gasteiger partial charge in [-0.15, -0.1) is 0 Å². The first-order valence-electron chi connectivity index (χ1n) is 9.98. The van der Waals surface area contributed by atoms with Gasteiger partial charge in [-0.25, -0.2) is 13.6 Å². The number of nitrogens with zero attached hydrogens (tertiary/aromatic N) is 2. The van der Waals surface area contributed by atoms with Crippen LogP contribution in [0.5, 0.6) is 0 Å². The van der Waals surface area contributed by atoms with E-state index in [1.165, 1.54) is 24.3 Å². The van der Waals surface area contributed by atoms with Gasteiger partial charge in [0.15, 0.2) is 0 Å². The number of benzene rings is 1. The molecule has 1 N–H and O–H groups in total. The molecule has 1 aromatic carbocycles. The molecule has 0 bridgehead atoms. The minimum Gasteiger partial charge on any atom is -0.375 e. The Balaban J connectivity index is 1.33. The van der Waals surface area contributed by atoms with E-state index in [2.05, 4.69) is 5.32 Å². The van der Waals surface area contributed by atoms with Crippen LogP contribution in [0.1, 0.15) is 24.8 Å². The Bertz CT molecular complexity index is 695. The maximum atomic E-state index is 14.9. The topological polar surface area (TPSA) is 44.8 Å². The number of ether oxygens (including phenoxy) is 1. The summed E-state index contributed by atoms with van der Waals surface area (Å²) in [5.41, 5.74) is -0.00729. The van der Waals surface area contributed by atoms with Gasteiger partial charge in [0, 0.05) is 49.2 Å². The van der Waals surface area contributed by atoms with E-state index >= 15 is 0 Å². The lowest BCUT2D eigenvalue weighted by atomic mass is 9.86. The van der Waals surface area contributed by atoms with Crippen LogP contribution in [-0.4, -0.2) is 67.3 Å². The zero-order valence-electron chi connectivity index (χ0n) is 15.8. The highest BCUT2D eigenvalue weighted by atomic mass is 35.5. The van der Waals surface area contributed by atoms with Crippen molar-refractivity contribution >= 4 is 17.6 Å². The number of likely N-dealkylation sites (tertiary alicyclic amines) is 2. The number of piperidine rings is 2. The Labute approximate surface area is 169 Å². The fourth-order valence-corrected chi connectivity index (χ4v) is 4.62. The van der Waals surface area contributed by atoms with Gasteiger partial charge in [-0.3, -0.25) is 0 Å². The first-order chi connectivity index (χ1) is 13.4. The SMILES string of the molecule is O=C(N1CCC(C(F)(F)c2ccc(Cl)cc2)CC1)N1CC[C@@H]2OCCN[C@@H]2C1. The van der Waals surface area contributed by atoms with E-state index in [1.54, 1.807) is 4.90 Å². The Kier molecular flexibility index (Phi) is 5.76. The van der Waals surface area contributed by atoms with Gasteiger partial charge in [0.2, 0.25) is 0 Å². The largest absolute Gasteiger partial charge is 0.375 e. The van der Waals surface area contributed by atoms with Gasteiger partial charge in [-0.2, -0.15) is 0 Å². The van der Waals surface area contributed by atoms with Crippen LogP contribution in [0.3, 0.4) is 0 Å². The van der Waals surface area contributed by atoms with Crippen LogP contribution >= 0.6 is 11.6 Å². The minimum atomic E-state index is -2.92. The monoisotopic (exact) mass is 413 g/mol. The van der Waals surface area contributed by atoms with Crippen molar-refractivity contribution in [3.63, 3.8) is 0 Å². The maximum Gasteiger partial charge on any atom is 0.320 e. The number of carbonyl (C=O) groups is 1. The molecule has 1 aromatic rings. The summed E-state index contributed by atoms with van der Waals surface area (Å²) in [5.74, 6) is -3.68. The number of nitrogens with one attached hydrogen (secondary N) is 1. The average Bonchev–Trinajstić information content (AvgIpc) is 2.73. The Morgan fingerprint density at radius 1 is 1.11 bits per heavy atom. The van der Waals surface area contributed by atoms with Crippen molar-refractivity contribution < 1.29 is 18.3 Å². The molecule has 0 unspecified atom stereocenters. The Hall–Kier alpha value is -1.44. The van der Waals surface area contributed by atoms with Gasteiger partial charge in [0.1, 0.15) is 0 Å². The summed E-state index contributed by atoms with van der Waals surface area (Å²) in [4.78, 5) is 16.4. The van der Waals surface area contributed by atoms with Crippen molar-refractivity contribution in [3.8, 4) is 0 Å². The lowest BCUT2D eigenvalue weighted by Gasteiger charge is -2.44. The van der Waals surface area contributed by atoms with Crippen molar-refractivity contribution in [1.82, 2.24) is 15.1 Å². The smallest absolute Gasteiger partial charge is 0.320 e. The lowest BCUT2D eigenvalue weighted by Crippen LogP contribution is -2.61. The molecule has 154 valence electrons. The molecule has 0 spiro atoms. The van der Waals surface area contributed by atoms with E-state index < -0.39 is 11.8 Å². The number of carbonyl (C=O) groups excluding carboxylic acids is 1. The molecule has 28 heavy (non-hydrogen) atoms. The molecule has 0 aromatic heterocycles. The van der Waals surface area contributed by atoms with Crippen LogP contribution in [0.25, 0.3) is 0 Å². The van der Waals surface area contributed by atoms with E-state index in [0.717, 1.165) is 13.0 Å². The van der Waals surface area contributed by atoms with Gasteiger partial charge >= 0.3 is 6.03 Å². The highest BCUT2D eigenvalue weighted by Gasteiger charge is 2.44. The minimum absolute atomic E-state index is 0.00729. The first-order valence-corrected chi connectivity index (χ1v) is 10.4. The van der Waals surface area contributed by atoms with Crippen LogP contribution in [0.2, 0.25) is 5.02 Å². The number of morpholine rings is 1. The summed E-state index contributed by atoms with van der Waals surface area (Å²) in [7, 11) is 0. The zero-order valence-corrected chi connectivity index (χ0v) is 16.5. The maximum absolute atomic E-state index is 14.9. The van der Waals surface area contributed by atoms with Gasteiger partial charge in [-0.1, -0.05) is 23.7 Å². The summed E-state index contributed by atoms with van der Waals surface area (Å²) < 4.78 is 35.5. The molecular formula is C20H26ClF2N3O2. The second-order valence-electron chi connectivity index (χ2n) is 7.88. The molecule has 3 aliphatic rings. The third-order valence-corrected chi connectivity index (χ3v) is 6.42. The van der Waals surface area contributed by atoms with Crippen molar-refractivity contribution in [2.45, 2.75) is 37.3 Å². The summed E-state index contributed by atoms with van der Waals surface area (Å²) in [6, 6.07) is 5.90. The molecule has 3 heterocycles. The number of rotatable bonds is 2. The highest BCUT2D eigenvalue weighted by molar-refractivity contribution is 6.30. The van der Waals surface area contributed by atoms with Crippen LogP contribution in [0.15, 0.2) is 24.3 Å². The van der Waals surface area contributed by atoms with Crippen LogP contribution in [-0.2, 0) is 10.7 Å². The van der Waals surface area contributed by atoms with Crippen molar-refractivity contribution in [3.05, 3.63) is 34.9 Å². The predicted octanol–water partition coefficient (Wildman–Crippen LogP) is 3.33. The number of halogens is 3. The summed E-state index contributed by atoms with van der Waals surface area (Å²) >= 11 is 5.81. The third kappa shape index (κ3) is 3.98. The molecule has 3 saturated heterocycles. The Morgan fingerprint density at radius 2 is 1.79 bits per heavy atom. The van der Waals surface area contributed by atoms with Crippen LogP contribution < -0.4 is 5.32 Å². The molecule has 0 aliphatic carbocycles. The fourth-order valence-electron chi connectivity index (χ4n) is 4.50. The predicted molar refractivity (Wildman–Crippen MR) is 103 cm³/mol. The highest BCUT2D eigenvalue weighted by Crippen LogP contribution is 2.41. The van der Waals surface area contributed by atoms with Gasteiger partial charge in [0.25, 0.3) is 5.92 Å². The van der Waals surface area contributed by atoms with E-state index in [0.29, 0.717) is 50.7 Å². The molecule has 0 radical (unpaired) electrons. The van der Waals surface area contributed by atoms with Crippen molar-refractivity contribution in [2.75, 3.05) is 39.3 Å². The number of hydrogen-bond donors (Lipinski definition) is 1. The van der Waals surface area contributed by atoms with Crippen LogP contribution in [0.4, 0.5) is 13.6 Å². The van der Waals surface area contributed by atoms with E-state index in [9.17, 15) is 13.6 Å². The van der Waals surface area contributed by atoms with Gasteiger partial charge in [0.05, 0.1) is 18.8 Å². The van der Waals surface area contributed by atoms with Gasteiger partial charge < -0.3 is 19.9 Å². The van der Waals surface area contributed by atoms with E-state index in [4.69, 9.17) is 16.3 Å². The van der Waals surface area contributed by atoms with Gasteiger partial charge in [-0.05, 0) is 31.4 Å². The molecule has 3 fully saturated rings. The lowest BCUT2D eigenvalue weighted by molar-refractivity contribution is -0.0840. The quantitative estimate of drug-likeness (QED) is 0.808. The van der Waals surface area contributed by atoms with Crippen LogP contribution in [0, 0.1) is 5.92 Å². The average molecular weight is 414 g/mol. The fraction of sp³-hybridized carbons (Fsp3) is 0.650. The molecule has 4 rings (SSSR count). The van der Waals surface area contributed by atoms with E-state index in [1.807, 2.05) is 4.90 Å². The molecular weight excluding hydrogens is 388 g/mol. The van der Waals surface area contributed by atoms with Crippen molar-refractivity contribution in [1.29, 1.82) is 0 Å². The Morgan fingerprint density at radius 3 is 2.50 bits per heavy atom. The third-order valence-electron chi connectivity index (χ3n) is 6.17. The standard InChI is InChI=1S/C20H26ClF2N3O2/c21-16-3-1-14(2-4-16)20(22,23)15-5-9-25(10-6-15)19(27)26-11-7-18-17(13-26)24-8-12-28-18/h1-4,15,17-18,24H,5-13H2/t17-,18+/m1/s1. The number of fused-ring (bicyclic) bond motifs is 1. The molecule has 3 aliphatic heterocycles. The number of amides is 2. The molecule has 8 heteroatoms. The second kappa shape index (κ2) is 8.13. The number of urea groups is 1. The number of hydrogen-bond acceptors (Lipinski definition) is 3. The van der Waals surface area contributed by atoms with Crippen molar-refractivity contribution in [2.24, 2.45) is 5.92 Å².